The Labute approximate surface area is 154 Å². The van der Waals surface area contributed by atoms with Crippen LogP contribution in [0.3, 0.4) is 0 Å². The molecule has 5 rings (SSSR count). The highest BCUT2D eigenvalue weighted by atomic mass is 35.5. The number of benzene rings is 2. The van der Waals surface area contributed by atoms with Gasteiger partial charge in [-0.3, -0.25) is 9.69 Å². The minimum atomic E-state index is 0.00785. The number of fused-ring (bicyclic) bond motifs is 3. The summed E-state index contributed by atoms with van der Waals surface area (Å²) in [6.07, 6.45) is 3.34. The molecule has 25 heavy (non-hydrogen) atoms. The summed E-state index contributed by atoms with van der Waals surface area (Å²) in [4.78, 5) is 15.3. The predicted molar refractivity (Wildman–Crippen MR) is 101 cm³/mol. The number of hydrogen-bond donors (Lipinski definition) is 1. The van der Waals surface area contributed by atoms with Gasteiger partial charge in [-0.05, 0) is 68.1 Å². The SMILES string of the molecule is O=C(NC1C2CCN(CC2)C1Cc1ccccc1)c1ccc(Cl)cc1. The van der Waals surface area contributed by atoms with Gasteiger partial charge >= 0.3 is 0 Å². The Bertz CT molecular complexity index is 723. The summed E-state index contributed by atoms with van der Waals surface area (Å²) in [7, 11) is 0. The van der Waals surface area contributed by atoms with Gasteiger partial charge in [0.25, 0.3) is 5.91 Å². The molecule has 0 spiro atoms. The summed E-state index contributed by atoms with van der Waals surface area (Å²) in [6, 6.07) is 18.3. The van der Waals surface area contributed by atoms with Crippen molar-refractivity contribution in [2.45, 2.75) is 31.3 Å². The van der Waals surface area contributed by atoms with Crippen LogP contribution >= 0.6 is 11.6 Å². The van der Waals surface area contributed by atoms with Crippen LogP contribution in [-0.2, 0) is 6.42 Å². The van der Waals surface area contributed by atoms with E-state index in [1.165, 1.54) is 18.4 Å². The molecule has 0 saturated carbocycles. The summed E-state index contributed by atoms with van der Waals surface area (Å²) in [6.45, 7) is 2.30. The third kappa shape index (κ3) is 3.58. The van der Waals surface area contributed by atoms with Gasteiger partial charge in [-0.1, -0.05) is 41.9 Å². The average molecular weight is 355 g/mol. The Hall–Kier alpha value is -1.84. The minimum Gasteiger partial charge on any atom is -0.347 e. The monoisotopic (exact) mass is 354 g/mol. The molecule has 3 saturated heterocycles. The second kappa shape index (κ2) is 7.19. The molecule has 2 bridgehead atoms. The number of hydrogen-bond acceptors (Lipinski definition) is 2. The molecule has 2 unspecified atom stereocenters. The number of rotatable bonds is 4. The van der Waals surface area contributed by atoms with Crippen molar-refractivity contribution in [3.8, 4) is 0 Å². The van der Waals surface area contributed by atoms with Crippen molar-refractivity contribution in [1.29, 1.82) is 0 Å². The molecule has 3 aliphatic rings. The van der Waals surface area contributed by atoms with Crippen LogP contribution in [0.5, 0.6) is 0 Å². The van der Waals surface area contributed by atoms with Gasteiger partial charge in [0.1, 0.15) is 0 Å². The normalized spacial score (nSPS) is 27.9. The lowest BCUT2D eigenvalue weighted by molar-refractivity contribution is 0.0136. The van der Waals surface area contributed by atoms with E-state index in [0.717, 1.165) is 19.5 Å². The van der Waals surface area contributed by atoms with Crippen molar-refractivity contribution in [2.75, 3.05) is 13.1 Å². The van der Waals surface area contributed by atoms with Crippen LogP contribution in [0.25, 0.3) is 0 Å². The van der Waals surface area contributed by atoms with Gasteiger partial charge in [-0.25, -0.2) is 0 Å². The first-order valence-electron chi connectivity index (χ1n) is 9.05. The molecule has 3 aliphatic heterocycles. The molecular weight excluding hydrogens is 332 g/mol. The van der Waals surface area contributed by atoms with Gasteiger partial charge in [0, 0.05) is 22.7 Å². The molecule has 3 fully saturated rings. The van der Waals surface area contributed by atoms with E-state index in [9.17, 15) is 4.79 Å². The highest BCUT2D eigenvalue weighted by Crippen LogP contribution is 2.34. The van der Waals surface area contributed by atoms with Crippen molar-refractivity contribution in [3.05, 3.63) is 70.7 Å². The maximum absolute atomic E-state index is 12.7. The van der Waals surface area contributed by atoms with Gasteiger partial charge in [-0.2, -0.15) is 0 Å². The Morgan fingerprint density at radius 1 is 1.04 bits per heavy atom. The maximum Gasteiger partial charge on any atom is 0.251 e. The van der Waals surface area contributed by atoms with Crippen LogP contribution in [0.2, 0.25) is 5.02 Å². The van der Waals surface area contributed by atoms with Crippen molar-refractivity contribution in [1.82, 2.24) is 10.2 Å². The van der Waals surface area contributed by atoms with E-state index < -0.39 is 0 Å². The molecule has 130 valence electrons. The van der Waals surface area contributed by atoms with E-state index in [-0.39, 0.29) is 11.9 Å². The Morgan fingerprint density at radius 2 is 1.72 bits per heavy atom. The number of nitrogens with zero attached hydrogens (tertiary/aromatic N) is 1. The third-order valence-electron chi connectivity index (χ3n) is 5.66. The third-order valence-corrected chi connectivity index (χ3v) is 5.91. The lowest BCUT2D eigenvalue weighted by Crippen LogP contribution is -2.64. The second-order valence-electron chi connectivity index (χ2n) is 7.14. The van der Waals surface area contributed by atoms with Gasteiger partial charge in [0.05, 0.1) is 0 Å². The van der Waals surface area contributed by atoms with Crippen LogP contribution in [0.4, 0.5) is 0 Å². The topological polar surface area (TPSA) is 32.3 Å². The average Bonchev–Trinajstić information content (AvgIpc) is 2.66. The number of carbonyl (C=O) groups is 1. The Balaban J connectivity index is 1.52. The van der Waals surface area contributed by atoms with Crippen LogP contribution in [-0.4, -0.2) is 36.0 Å². The molecule has 1 amide bonds. The standard InChI is InChI=1S/C21H23ClN2O/c22-18-8-6-17(7-9-18)21(25)23-20-16-10-12-24(13-11-16)19(20)14-15-4-2-1-3-5-15/h1-9,16,19-20H,10-14H2,(H,23,25). The predicted octanol–water partition coefficient (Wildman–Crippen LogP) is 3.78. The van der Waals surface area contributed by atoms with E-state index in [4.69, 9.17) is 11.6 Å². The number of piperidine rings is 3. The molecule has 3 nitrogen and oxygen atoms in total. The van der Waals surface area contributed by atoms with E-state index in [1.54, 1.807) is 24.3 Å². The molecule has 2 aromatic rings. The quantitative estimate of drug-likeness (QED) is 0.906. The van der Waals surface area contributed by atoms with E-state index in [2.05, 4.69) is 40.5 Å². The Kier molecular flexibility index (Phi) is 4.78. The molecule has 0 radical (unpaired) electrons. The molecule has 1 N–H and O–H groups in total. The summed E-state index contributed by atoms with van der Waals surface area (Å²) in [5.74, 6) is 0.587. The van der Waals surface area contributed by atoms with Crippen molar-refractivity contribution in [3.63, 3.8) is 0 Å². The van der Waals surface area contributed by atoms with E-state index >= 15 is 0 Å². The van der Waals surface area contributed by atoms with Crippen molar-refractivity contribution >= 4 is 17.5 Å². The number of carbonyl (C=O) groups excluding carboxylic acids is 1. The highest BCUT2D eigenvalue weighted by Gasteiger charge is 2.42. The summed E-state index contributed by atoms with van der Waals surface area (Å²) in [5, 5.41) is 3.99. The molecule has 2 atom stereocenters. The largest absolute Gasteiger partial charge is 0.347 e. The number of halogens is 1. The lowest BCUT2D eigenvalue weighted by atomic mass is 9.76. The number of amides is 1. The smallest absolute Gasteiger partial charge is 0.251 e. The molecule has 0 aliphatic carbocycles. The first-order valence-corrected chi connectivity index (χ1v) is 9.43. The molecule has 3 heterocycles. The summed E-state index contributed by atoms with van der Waals surface area (Å²) < 4.78 is 0. The first-order chi connectivity index (χ1) is 12.2. The van der Waals surface area contributed by atoms with Gasteiger partial charge in [-0.15, -0.1) is 0 Å². The van der Waals surface area contributed by atoms with Crippen LogP contribution < -0.4 is 5.32 Å². The lowest BCUT2D eigenvalue weighted by Gasteiger charge is -2.51. The maximum atomic E-state index is 12.7. The molecule has 0 aromatic heterocycles. The minimum absolute atomic E-state index is 0.00785. The summed E-state index contributed by atoms with van der Waals surface area (Å²) in [5.41, 5.74) is 2.02. The fourth-order valence-electron chi connectivity index (χ4n) is 4.31. The summed E-state index contributed by atoms with van der Waals surface area (Å²) >= 11 is 5.93. The molecular formula is C21H23ClN2O. The van der Waals surface area contributed by atoms with Crippen LogP contribution in [0, 0.1) is 5.92 Å². The van der Waals surface area contributed by atoms with E-state index in [0.29, 0.717) is 22.5 Å². The van der Waals surface area contributed by atoms with Crippen LogP contribution in [0.15, 0.2) is 54.6 Å². The Morgan fingerprint density at radius 3 is 2.40 bits per heavy atom. The highest BCUT2D eigenvalue weighted by molar-refractivity contribution is 6.30. The van der Waals surface area contributed by atoms with Gasteiger partial charge in [0.15, 0.2) is 0 Å². The second-order valence-corrected chi connectivity index (χ2v) is 7.57. The van der Waals surface area contributed by atoms with Gasteiger partial charge < -0.3 is 5.32 Å². The van der Waals surface area contributed by atoms with Crippen molar-refractivity contribution in [2.24, 2.45) is 5.92 Å². The molecule has 4 heteroatoms. The number of nitrogens with one attached hydrogen (secondary N) is 1. The molecule has 2 aromatic carbocycles. The fourth-order valence-corrected chi connectivity index (χ4v) is 4.44. The zero-order chi connectivity index (χ0) is 17.2. The zero-order valence-electron chi connectivity index (χ0n) is 14.2. The zero-order valence-corrected chi connectivity index (χ0v) is 15.0. The van der Waals surface area contributed by atoms with Gasteiger partial charge in [0.2, 0.25) is 0 Å². The fraction of sp³-hybridized carbons (Fsp3) is 0.381. The van der Waals surface area contributed by atoms with Crippen molar-refractivity contribution < 1.29 is 4.79 Å². The van der Waals surface area contributed by atoms with E-state index in [1.807, 2.05) is 0 Å². The first kappa shape index (κ1) is 16.6. The van der Waals surface area contributed by atoms with Crippen LogP contribution in [0.1, 0.15) is 28.8 Å².